The molecule has 2 N–H and O–H groups in total. The Bertz CT molecular complexity index is 1250. The number of hydrogen-bond acceptors (Lipinski definition) is 5. The SMILES string of the molecule is CC(C)(C)[C@H]1CCc2c(sc(NC(=S)NC(=O)c3ccc(-c4ccc(Cl)cc4)o3)c2C#N)C1. The molecule has 0 aliphatic heterocycles. The predicted octanol–water partition coefficient (Wildman–Crippen LogP) is 6.81. The summed E-state index contributed by atoms with van der Waals surface area (Å²) in [7, 11) is 0. The van der Waals surface area contributed by atoms with Crippen LogP contribution in [0.15, 0.2) is 40.8 Å². The Morgan fingerprint density at radius 3 is 2.64 bits per heavy atom. The quantitative estimate of drug-likeness (QED) is 0.388. The summed E-state index contributed by atoms with van der Waals surface area (Å²) in [6.45, 7) is 6.79. The van der Waals surface area contributed by atoms with Crippen LogP contribution in [0.1, 0.15) is 53.8 Å². The highest BCUT2D eigenvalue weighted by atomic mass is 35.5. The minimum Gasteiger partial charge on any atom is -0.451 e. The molecule has 1 aliphatic carbocycles. The minimum atomic E-state index is -0.458. The fourth-order valence-corrected chi connectivity index (χ4v) is 5.73. The van der Waals surface area contributed by atoms with Crippen LogP contribution in [-0.2, 0) is 12.8 Å². The summed E-state index contributed by atoms with van der Waals surface area (Å²) < 4.78 is 5.68. The largest absolute Gasteiger partial charge is 0.451 e. The van der Waals surface area contributed by atoms with Gasteiger partial charge < -0.3 is 9.73 Å². The third kappa shape index (κ3) is 5.14. The number of benzene rings is 1. The summed E-state index contributed by atoms with van der Waals surface area (Å²) in [6, 6.07) is 12.8. The zero-order valence-electron chi connectivity index (χ0n) is 18.6. The van der Waals surface area contributed by atoms with Crippen LogP contribution < -0.4 is 10.6 Å². The molecule has 1 aromatic carbocycles. The first-order chi connectivity index (χ1) is 15.7. The molecule has 0 fully saturated rings. The van der Waals surface area contributed by atoms with Gasteiger partial charge in [0.15, 0.2) is 10.9 Å². The summed E-state index contributed by atoms with van der Waals surface area (Å²) in [6.07, 6.45) is 2.91. The smallest absolute Gasteiger partial charge is 0.293 e. The number of furan rings is 1. The number of anilines is 1. The molecule has 170 valence electrons. The molecule has 3 aromatic rings. The molecule has 0 saturated carbocycles. The van der Waals surface area contributed by atoms with E-state index in [1.54, 1.807) is 35.6 Å². The lowest BCUT2D eigenvalue weighted by Gasteiger charge is -2.33. The number of thiocarbonyl (C=S) groups is 1. The maximum Gasteiger partial charge on any atom is 0.293 e. The number of rotatable bonds is 3. The normalized spacial score (nSPS) is 15.4. The van der Waals surface area contributed by atoms with Crippen molar-refractivity contribution >= 4 is 51.2 Å². The first-order valence-corrected chi connectivity index (χ1v) is 12.3. The van der Waals surface area contributed by atoms with Crippen molar-refractivity contribution in [2.24, 2.45) is 11.3 Å². The molecule has 8 heteroatoms. The van der Waals surface area contributed by atoms with Crippen LogP contribution in [0.3, 0.4) is 0 Å². The Hall–Kier alpha value is -2.66. The number of nitrogens with one attached hydrogen (secondary N) is 2. The fraction of sp³-hybridized carbons (Fsp3) is 0.320. The van der Waals surface area contributed by atoms with E-state index >= 15 is 0 Å². The Labute approximate surface area is 207 Å². The van der Waals surface area contributed by atoms with Crippen LogP contribution in [0, 0.1) is 22.7 Å². The topological polar surface area (TPSA) is 78.1 Å². The Kier molecular flexibility index (Phi) is 6.62. The van der Waals surface area contributed by atoms with Gasteiger partial charge in [0.2, 0.25) is 0 Å². The zero-order chi connectivity index (χ0) is 23.8. The molecule has 0 radical (unpaired) electrons. The van der Waals surface area contributed by atoms with Gasteiger partial charge in [-0.1, -0.05) is 32.4 Å². The van der Waals surface area contributed by atoms with E-state index < -0.39 is 5.91 Å². The highest BCUT2D eigenvalue weighted by Gasteiger charge is 2.32. The Balaban J connectivity index is 1.44. The van der Waals surface area contributed by atoms with Crippen molar-refractivity contribution in [2.75, 3.05) is 5.32 Å². The molecule has 0 saturated heterocycles. The molecule has 1 atom stereocenters. The molecular formula is C25H24ClN3O2S2. The Morgan fingerprint density at radius 2 is 1.97 bits per heavy atom. The molecule has 0 spiro atoms. The molecule has 1 aliphatic rings. The fourth-order valence-electron chi connectivity index (χ4n) is 4.06. The molecule has 1 amide bonds. The zero-order valence-corrected chi connectivity index (χ0v) is 21.0. The third-order valence-electron chi connectivity index (χ3n) is 6.01. The van der Waals surface area contributed by atoms with Crippen molar-refractivity contribution in [3.8, 4) is 17.4 Å². The van der Waals surface area contributed by atoms with E-state index in [1.807, 2.05) is 12.1 Å². The summed E-state index contributed by atoms with van der Waals surface area (Å²) in [5, 5.41) is 16.9. The van der Waals surface area contributed by atoms with Crippen molar-refractivity contribution in [3.05, 3.63) is 63.2 Å². The van der Waals surface area contributed by atoms with Gasteiger partial charge in [-0.25, -0.2) is 0 Å². The summed E-state index contributed by atoms with van der Waals surface area (Å²) >= 11 is 12.8. The second-order valence-electron chi connectivity index (χ2n) is 9.20. The number of carbonyl (C=O) groups is 1. The van der Waals surface area contributed by atoms with Gasteiger partial charge in [-0.05, 0) is 84.8 Å². The van der Waals surface area contributed by atoms with Gasteiger partial charge in [-0.2, -0.15) is 5.26 Å². The van der Waals surface area contributed by atoms with E-state index in [0.29, 0.717) is 27.3 Å². The van der Waals surface area contributed by atoms with Gasteiger partial charge in [0.1, 0.15) is 16.8 Å². The summed E-state index contributed by atoms with van der Waals surface area (Å²) in [5.74, 6) is 0.814. The predicted molar refractivity (Wildman–Crippen MR) is 137 cm³/mol. The van der Waals surface area contributed by atoms with Gasteiger partial charge in [0.05, 0.1) is 5.56 Å². The van der Waals surface area contributed by atoms with E-state index in [-0.39, 0.29) is 16.3 Å². The van der Waals surface area contributed by atoms with Crippen molar-refractivity contribution in [2.45, 2.75) is 40.0 Å². The molecule has 33 heavy (non-hydrogen) atoms. The van der Waals surface area contributed by atoms with E-state index in [0.717, 1.165) is 30.4 Å². The van der Waals surface area contributed by atoms with Crippen LogP contribution in [0.4, 0.5) is 5.00 Å². The lowest BCUT2D eigenvalue weighted by molar-refractivity contribution is 0.0951. The monoisotopic (exact) mass is 497 g/mol. The first-order valence-electron chi connectivity index (χ1n) is 10.7. The number of halogens is 1. The second-order valence-corrected chi connectivity index (χ2v) is 11.2. The van der Waals surface area contributed by atoms with Crippen molar-refractivity contribution in [3.63, 3.8) is 0 Å². The summed E-state index contributed by atoms with van der Waals surface area (Å²) in [5.41, 5.74) is 2.77. The van der Waals surface area contributed by atoms with Gasteiger partial charge in [-0.3, -0.25) is 10.1 Å². The molecule has 4 rings (SSSR count). The van der Waals surface area contributed by atoms with E-state index in [1.165, 1.54) is 4.88 Å². The van der Waals surface area contributed by atoms with E-state index in [2.05, 4.69) is 37.5 Å². The van der Waals surface area contributed by atoms with Crippen molar-refractivity contribution in [1.82, 2.24) is 5.32 Å². The molecule has 0 bridgehead atoms. The van der Waals surface area contributed by atoms with Crippen molar-refractivity contribution < 1.29 is 9.21 Å². The molecule has 0 unspecified atom stereocenters. The number of nitriles is 1. The van der Waals surface area contributed by atoms with Gasteiger partial charge in [0, 0.05) is 15.5 Å². The lowest BCUT2D eigenvalue weighted by atomic mass is 9.72. The molecule has 5 nitrogen and oxygen atoms in total. The van der Waals surface area contributed by atoms with Gasteiger partial charge >= 0.3 is 0 Å². The molecular weight excluding hydrogens is 474 g/mol. The number of amides is 1. The summed E-state index contributed by atoms with van der Waals surface area (Å²) in [4.78, 5) is 13.9. The highest BCUT2D eigenvalue weighted by Crippen LogP contribution is 2.44. The van der Waals surface area contributed by atoms with Gasteiger partial charge in [0.25, 0.3) is 5.91 Å². The first kappa shape index (κ1) is 23.5. The van der Waals surface area contributed by atoms with Gasteiger partial charge in [-0.15, -0.1) is 11.3 Å². The number of fused-ring (bicyclic) bond motifs is 1. The maximum absolute atomic E-state index is 12.6. The van der Waals surface area contributed by atoms with Crippen LogP contribution in [-0.4, -0.2) is 11.0 Å². The number of carbonyl (C=O) groups excluding carboxylic acids is 1. The molecule has 2 heterocycles. The van der Waals surface area contributed by atoms with Crippen LogP contribution in [0.5, 0.6) is 0 Å². The van der Waals surface area contributed by atoms with E-state index in [4.69, 9.17) is 28.2 Å². The van der Waals surface area contributed by atoms with Crippen LogP contribution >= 0.6 is 35.2 Å². The molecule has 2 aromatic heterocycles. The average molecular weight is 498 g/mol. The third-order valence-corrected chi connectivity index (χ3v) is 7.64. The average Bonchev–Trinajstić information content (AvgIpc) is 3.37. The Morgan fingerprint density at radius 1 is 1.24 bits per heavy atom. The maximum atomic E-state index is 12.6. The number of thiophene rings is 1. The van der Waals surface area contributed by atoms with Crippen LogP contribution in [0.25, 0.3) is 11.3 Å². The second kappa shape index (κ2) is 9.30. The standard InChI is InChI=1S/C25H24ClN3O2S2/c1-25(2,3)15-6-9-17-18(13-27)23(33-21(17)12-15)29-24(32)28-22(30)20-11-10-19(31-20)14-4-7-16(26)8-5-14/h4-5,7-8,10-11,15H,6,9,12H2,1-3H3,(H2,28,29,30,32)/t15-/m0/s1. The van der Waals surface area contributed by atoms with Crippen LogP contribution in [0.2, 0.25) is 5.02 Å². The lowest BCUT2D eigenvalue weighted by Crippen LogP contribution is -2.33. The van der Waals surface area contributed by atoms with Crippen molar-refractivity contribution in [1.29, 1.82) is 5.26 Å². The highest BCUT2D eigenvalue weighted by molar-refractivity contribution is 7.80. The number of hydrogen-bond donors (Lipinski definition) is 2. The van der Waals surface area contributed by atoms with E-state index in [9.17, 15) is 10.1 Å². The number of nitrogens with zero attached hydrogens (tertiary/aromatic N) is 1. The minimum absolute atomic E-state index is 0.131.